The van der Waals surface area contributed by atoms with E-state index < -0.39 is 0 Å². The molecule has 0 radical (unpaired) electrons. The van der Waals surface area contributed by atoms with Gasteiger partial charge in [0, 0.05) is 18.7 Å². The molecule has 0 saturated heterocycles. The van der Waals surface area contributed by atoms with Gasteiger partial charge in [0.2, 0.25) is 0 Å². The van der Waals surface area contributed by atoms with Gasteiger partial charge in [-0.05, 0) is 36.8 Å². The second-order valence-electron chi connectivity index (χ2n) is 4.62. The second-order valence-corrected chi connectivity index (χ2v) is 4.62. The summed E-state index contributed by atoms with van der Waals surface area (Å²) in [5.74, 6) is 0.973. The molecule has 1 unspecified atom stereocenters. The Morgan fingerprint density at radius 2 is 1.70 bits per heavy atom. The minimum atomic E-state index is 0.0207. The Hall–Kier alpha value is -2.20. The smallest absolute Gasteiger partial charge is 0.119 e. The highest BCUT2D eigenvalue weighted by atomic mass is 16.5. The van der Waals surface area contributed by atoms with E-state index >= 15 is 0 Å². The maximum absolute atomic E-state index is 9.45. The first-order valence-corrected chi connectivity index (χ1v) is 6.59. The highest BCUT2D eigenvalue weighted by molar-refractivity contribution is 5.37. The number of phenolic OH excluding ortho intramolecular Hbond substituents is 2. The van der Waals surface area contributed by atoms with Crippen LogP contribution >= 0.6 is 0 Å². The van der Waals surface area contributed by atoms with E-state index in [1.165, 1.54) is 6.07 Å². The van der Waals surface area contributed by atoms with Crippen molar-refractivity contribution < 1.29 is 14.9 Å². The molecule has 0 saturated carbocycles. The van der Waals surface area contributed by atoms with Crippen LogP contribution in [0.25, 0.3) is 0 Å². The molecule has 106 valence electrons. The van der Waals surface area contributed by atoms with Crippen molar-refractivity contribution in [3.8, 4) is 17.2 Å². The molecule has 2 aromatic rings. The first-order chi connectivity index (χ1) is 9.65. The number of para-hydroxylation sites is 1. The van der Waals surface area contributed by atoms with Crippen molar-refractivity contribution in [1.82, 2.24) is 5.32 Å². The van der Waals surface area contributed by atoms with Crippen LogP contribution in [0.15, 0.2) is 48.5 Å². The van der Waals surface area contributed by atoms with Crippen molar-refractivity contribution in [2.24, 2.45) is 0 Å². The predicted octanol–water partition coefficient (Wildman–Crippen LogP) is 2.83. The van der Waals surface area contributed by atoms with Crippen molar-refractivity contribution in [1.29, 1.82) is 0 Å². The van der Waals surface area contributed by atoms with Gasteiger partial charge in [-0.25, -0.2) is 0 Å². The van der Waals surface area contributed by atoms with Gasteiger partial charge >= 0.3 is 0 Å². The van der Waals surface area contributed by atoms with Crippen molar-refractivity contribution in [3.05, 3.63) is 54.1 Å². The molecule has 20 heavy (non-hydrogen) atoms. The molecule has 0 aromatic heterocycles. The van der Waals surface area contributed by atoms with Crippen molar-refractivity contribution >= 4 is 0 Å². The zero-order valence-corrected chi connectivity index (χ0v) is 11.4. The molecule has 0 spiro atoms. The van der Waals surface area contributed by atoms with E-state index in [9.17, 15) is 10.2 Å². The average Bonchev–Trinajstić information content (AvgIpc) is 2.43. The highest BCUT2D eigenvalue weighted by Gasteiger charge is 2.07. The van der Waals surface area contributed by atoms with Crippen LogP contribution < -0.4 is 10.1 Å². The number of aromatic hydroxyl groups is 2. The lowest BCUT2D eigenvalue weighted by Crippen LogP contribution is -2.24. The molecule has 0 fully saturated rings. The molecule has 2 rings (SSSR count). The average molecular weight is 273 g/mol. The maximum atomic E-state index is 9.45. The standard InChI is InChI=1S/C16H19NO3/c1-12(13-9-14(18)11-15(19)10-13)17-7-8-20-16-5-3-2-4-6-16/h2-6,9-12,17-19H,7-8H2,1H3. The van der Waals surface area contributed by atoms with Crippen LogP contribution in [0.1, 0.15) is 18.5 Å². The van der Waals surface area contributed by atoms with Crippen LogP contribution in [-0.4, -0.2) is 23.4 Å². The van der Waals surface area contributed by atoms with Gasteiger partial charge in [-0.1, -0.05) is 18.2 Å². The zero-order chi connectivity index (χ0) is 14.4. The van der Waals surface area contributed by atoms with Gasteiger partial charge in [-0.3, -0.25) is 0 Å². The van der Waals surface area contributed by atoms with Crippen molar-refractivity contribution in [2.45, 2.75) is 13.0 Å². The van der Waals surface area contributed by atoms with Crippen LogP contribution in [0.2, 0.25) is 0 Å². The third-order valence-corrected chi connectivity index (χ3v) is 2.99. The normalized spacial score (nSPS) is 12.1. The Morgan fingerprint density at radius 1 is 1.05 bits per heavy atom. The number of phenols is 2. The third kappa shape index (κ3) is 4.17. The SMILES string of the molecule is CC(NCCOc1ccccc1)c1cc(O)cc(O)c1. The Kier molecular flexibility index (Phi) is 4.85. The van der Waals surface area contributed by atoms with Crippen molar-refractivity contribution in [2.75, 3.05) is 13.2 Å². The van der Waals surface area contributed by atoms with E-state index in [0.29, 0.717) is 13.2 Å². The second kappa shape index (κ2) is 6.82. The van der Waals surface area contributed by atoms with Crippen LogP contribution in [-0.2, 0) is 0 Å². The van der Waals surface area contributed by atoms with E-state index in [2.05, 4.69) is 5.32 Å². The van der Waals surface area contributed by atoms with Crippen LogP contribution in [0.5, 0.6) is 17.2 Å². The van der Waals surface area contributed by atoms with E-state index in [1.807, 2.05) is 37.3 Å². The lowest BCUT2D eigenvalue weighted by Gasteiger charge is -2.15. The summed E-state index contributed by atoms with van der Waals surface area (Å²) in [4.78, 5) is 0. The number of ether oxygens (including phenoxy) is 1. The molecule has 0 heterocycles. The summed E-state index contributed by atoms with van der Waals surface area (Å²) in [7, 11) is 0. The van der Waals surface area contributed by atoms with E-state index in [-0.39, 0.29) is 17.5 Å². The molecule has 1 atom stereocenters. The minimum absolute atomic E-state index is 0.0207. The third-order valence-electron chi connectivity index (χ3n) is 2.99. The molecule has 0 aliphatic rings. The fourth-order valence-electron chi connectivity index (χ4n) is 1.95. The van der Waals surface area contributed by atoms with Gasteiger partial charge in [0.1, 0.15) is 23.9 Å². The first-order valence-electron chi connectivity index (χ1n) is 6.59. The van der Waals surface area contributed by atoms with Crippen LogP contribution in [0, 0.1) is 0 Å². The molecule has 4 nitrogen and oxygen atoms in total. The summed E-state index contributed by atoms with van der Waals surface area (Å²) in [5, 5.41) is 22.2. The highest BCUT2D eigenvalue weighted by Crippen LogP contribution is 2.24. The molecule has 0 amide bonds. The Balaban J connectivity index is 1.79. The van der Waals surface area contributed by atoms with E-state index in [0.717, 1.165) is 11.3 Å². The number of hydrogen-bond acceptors (Lipinski definition) is 4. The lowest BCUT2D eigenvalue weighted by atomic mass is 10.1. The molecular formula is C16H19NO3. The van der Waals surface area contributed by atoms with Gasteiger partial charge in [-0.2, -0.15) is 0 Å². The predicted molar refractivity (Wildman–Crippen MR) is 78.1 cm³/mol. The quantitative estimate of drug-likeness (QED) is 0.708. The van der Waals surface area contributed by atoms with Gasteiger partial charge < -0.3 is 20.3 Å². The van der Waals surface area contributed by atoms with Gasteiger partial charge in [0.05, 0.1) is 0 Å². The molecule has 4 heteroatoms. The Morgan fingerprint density at radius 3 is 2.35 bits per heavy atom. The molecule has 0 aliphatic heterocycles. The summed E-state index contributed by atoms with van der Waals surface area (Å²) in [6, 6.07) is 14.2. The summed E-state index contributed by atoms with van der Waals surface area (Å²) < 4.78 is 5.58. The minimum Gasteiger partial charge on any atom is -0.508 e. The molecule has 2 aromatic carbocycles. The van der Waals surface area contributed by atoms with Gasteiger partial charge in [0.25, 0.3) is 0 Å². The molecule has 3 N–H and O–H groups in total. The summed E-state index contributed by atoms with van der Waals surface area (Å²) in [6.07, 6.45) is 0. The summed E-state index contributed by atoms with van der Waals surface area (Å²) >= 11 is 0. The van der Waals surface area contributed by atoms with Crippen molar-refractivity contribution in [3.63, 3.8) is 0 Å². The van der Waals surface area contributed by atoms with Gasteiger partial charge in [0.15, 0.2) is 0 Å². The van der Waals surface area contributed by atoms with Crippen LogP contribution in [0.3, 0.4) is 0 Å². The fraction of sp³-hybridized carbons (Fsp3) is 0.250. The van der Waals surface area contributed by atoms with E-state index in [1.54, 1.807) is 12.1 Å². The number of hydrogen-bond donors (Lipinski definition) is 3. The lowest BCUT2D eigenvalue weighted by molar-refractivity contribution is 0.307. The Bertz CT molecular complexity index is 522. The number of rotatable bonds is 6. The van der Waals surface area contributed by atoms with Gasteiger partial charge in [-0.15, -0.1) is 0 Å². The maximum Gasteiger partial charge on any atom is 0.119 e. The van der Waals surface area contributed by atoms with E-state index in [4.69, 9.17) is 4.74 Å². The topological polar surface area (TPSA) is 61.7 Å². The first kappa shape index (κ1) is 14.2. The van der Waals surface area contributed by atoms with Crippen LogP contribution in [0.4, 0.5) is 0 Å². The summed E-state index contributed by atoms with van der Waals surface area (Å²) in [6.45, 7) is 3.20. The molecule has 0 aliphatic carbocycles. The summed E-state index contributed by atoms with van der Waals surface area (Å²) in [5.41, 5.74) is 0.835. The number of nitrogens with one attached hydrogen (secondary N) is 1. The largest absolute Gasteiger partial charge is 0.508 e. The number of benzene rings is 2. The zero-order valence-electron chi connectivity index (χ0n) is 11.4. The monoisotopic (exact) mass is 273 g/mol. The molecular weight excluding hydrogens is 254 g/mol. The fourth-order valence-corrected chi connectivity index (χ4v) is 1.95. The Labute approximate surface area is 118 Å². The molecule has 0 bridgehead atoms.